The maximum Gasteiger partial charge on any atom is 0.257 e. The lowest BCUT2D eigenvalue weighted by Crippen LogP contribution is -2.30. The molecular formula is C18H19ClN2O5S. The van der Waals surface area contributed by atoms with Crippen LogP contribution in [0, 0.1) is 0 Å². The minimum Gasteiger partial charge on any atom is -0.454 e. The third-order valence-corrected chi connectivity index (χ3v) is 6.53. The number of benzene rings is 2. The Bertz CT molecular complexity index is 974. The van der Waals surface area contributed by atoms with Crippen molar-refractivity contribution < 1.29 is 22.7 Å². The number of anilines is 1. The van der Waals surface area contributed by atoms with Crippen molar-refractivity contribution in [1.29, 1.82) is 0 Å². The van der Waals surface area contributed by atoms with Crippen LogP contribution in [0.5, 0.6) is 11.5 Å². The van der Waals surface area contributed by atoms with Gasteiger partial charge < -0.3 is 14.8 Å². The number of fused-ring (bicyclic) bond motifs is 1. The summed E-state index contributed by atoms with van der Waals surface area (Å²) < 4.78 is 37.2. The summed E-state index contributed by atoms with van der Waals surface area (Å²) in [7, 11) is -3.70. The van der Waals surface area contributed by atoms with Gasteiger partial charge in [-0.1, -0.05) is 25.4 Å². The Morgan fingerprint density at radius 3 is 2.52 bits per heavy atom. The van der Waals surface area contributed by atoms with Crippen molar-refractivity contribution in [2.75, 3.05) is 25.2 Å². The number of carbonyl (C=O) groups excluding carboxylic acids is 1. The molecule has 9 heteroatoms. The van der Waals surface area contributed by atoms with Gasteiger partial charge >= 0.3 is 0 Å². The number of nitrogens with one attached hydrogen (secondary N) is 1. The molecule has 0 fully saturated rings. The lowest BCUT2D eigenvalue weighted by molar-refractivity contribution is 0.102. The highest BCUT2D eigenvalue weighted by molar-refractivity contribution is 7.89. The Morgan fingerprint density at radius 2 is 1.81 bits per heavy atom. The van der Waals surface area contributed by atoms with Crippen LogP contribution in [0.2, 0.25) is 5.02 Å². The van der Waals surface area contributed by atoms with Gasteiger partial charge in [-0.15, -0.1) is 0 Å². The van der Waals surface area contributed by atoms with E-state index in [0.29, 0.717) is 30.3 Å². The maximum atomic E-state index is 12.7. The van der Waals surface area contributed by atoms with Gasteiger partial charge in [0.1, 0.15) is 0 Å². The fourth-order valence-corrected chi connectivity index (χ4v) is 4.41. The van der Waals surface area contributed by atoms with Gasteiger partial charge in [-0.05, 0) is 30.3 Å². The Kier molecular flexibility index (Phi) is 5.59. The van der Waals surface area contributed by atoms with Crippen LogP contribution < -0.4 is 14.8 Å². The first-order valence-electron chi connectivity index (χ1n) is 8.37. The molecule has 0 radical (unpaired) electrons. The zero-order valence-corrected chi connectivity index (χ0v) is 16.4. The quantitative estimate of drug-likeness (QED) is 0.789. The number of carbonyl (C=O) groups is 1. The Morgan fingerprint density at radius 1 is 1.11 bits per heavy atom. The molecule has 0 saturated carbocycles. The predicted molar refractivity (Wildman–Crippen MR) is 102 cm³/mol. The second-order valence-electron chi connectivity index (χ2n) is 5.75. The van der Waals surface area contributed by atoms with Crippen molar-refractivity contribution in [1.82, 2.24) is 4.31 Å². The molecule has 0 atom stereocenters. The van der Waals surface area contributed by atoms with Crippen molar-refractivity contribution in [3.63, 3.8) is 0 Å². The van der Waals surface area contributed by atoms with Crippen molar-refractivity contribution >= 4 is 33.2 Å². The average molecular weight is 411 g/mol. The van der Waals surface area contributed by atoms with Crippen LogP contribution >= 0.6 is 11.6 Å². The third-order valence-electron chi connectivity index (χ3n) is 4.16. The Balaban J connectivity index is 1.89. The van der Waals surface area contributed by atoms with Crippen molar-refractivity contribution in [2.24, 2.45) is 0 Å². The first-order valence-corrected chi connectivity index (χ1v) is 10.2. The van der Waals surface area contributed by atoms with E-state index in [-0.39, 0.29) is 22.3 Å². The van der Waals surface area contributed by atoms with Gasteiger partial charge in [0.25, 0.3) is 5.91 Å². The fourth-order valence-electron chi connectivity index (χ4n) is 2.72. The fraction of sp³-hybridized carbons (Fsp3) is 0.278. The summed E-state index contributed by atoms with van der Waals surface area (Å²) in [5.74, 6) is 0.602. The van der Waals surface area contributed by atoms with E-state index in [2.05, 4.69) is 5.32 Å². The van der Waals surface area contributed by atoms with Crippen molar-refractivity contribution in [3.8, 4) is 11.5 Å². The molecule has 1 heterocycles. The standard InChI is InChI=1S/C18H19ClN2O5S/c1-3-21(4-2)27(23,24)13-6-7-15(19)14(10-13)18(22)20-12-5-8-16-17(9-12)26-11-25-16/h5-10H,3-4,11H2,1-2H3,(H,20,22). The van der Waals surface area contributed by atoms with E-state index < -0.39 is 15.9 Å². The number of hydrogen-bond acceptors (Lipinski definition) is 5. The SMILES string of the molecule is CCN(CC)S(=O)(=O)c1ccc(Cl)c(C(=O)Nc2ccc3c(c2)OCO3)c1. The lowest BCUT2D eigenvalue weighted by atomic mass is 10.2. The minimum atomic E-state index is -3.70. The molecule has 0 unspecified atom stereocenters. The zero-order valence-electron chi connectivity index (χ0n) is 14.9. The monoisotopic (exact) mass is 410 g/mol. The van der Waals surface area contributed by atoms with E-state index >= 15 is 0 Å². The summed E-state index contributed by atoms with van der Waals surface area (Å²) in [5.41, 5.74) is 0.555. The van der Waals surface area contributed by atoms with E-state index in [1.807, 2.05) is 0 Å². The van der Waals surface area contributed by atoms with Gasteiger partial charge in [-0.3, -0.25) is 4.79 Å². The normalized spacial score (nSPS) is 13.0. The molecule has 1 aliphatic rings. The van der Waals surface area contributed by atoms with Crippen LogP contribution in [0.3, 0.4) is 0 Å². The van der Waals surface area contributed by atoms with E-state index in [9.17, 15) is 13.2 Å². The Hall–Kier alpha value is -2.29. The van der Waals surface area contributed by atoms with Gasteiger partial charge in [0.2, 0.25) is 16.8 Å². The van der Waals surface area contributed by atoms with E-state index in [1.165, 1.54) is 22.5 Å². The van der Waals surface area contributed by atoms with Gasteiger partial charge in [0, 0.05) is 24.8 Å². The second kappa shape index (κ2) is 7.75. The first-order chi connectivity index (χ1) is 12.9. The van der Waals surface area contributed by atoms with Crippen molar-refractivity contribution in [3.05, 3.63) is 47.0 Å². The predicted octanol–water partition coefficient (Wildman–Crippen LogP) is 3.35. The molecule has 0 saturated heterocycles. The van der Waals surface area contributed by atoms with Gasteiger partial charge in [0.15, 0.2) is 11.5 Å². The molecule has 3 rings (SSSR count). The molecule has 0 aliphatic carbocycles. The maximum absolute atomic E-state index is 12.7. The van der Waals surface area contributed by atoms with E-state index in [0.717, 1.165) is 0 Å². The van der Waals surface area contributed by atoms with Crippen molar-refractivity contribution in [2.45, 2.75) is 18.7 Å². The molecule has 0 spiro atoms. The highest BCUT2D eigenvalue weighted by Crippen LogP contribution is 2.34. The summed E-state index contributed by atoms with van der Waals surface area (Å²) in [5, 5.41) is 2.86. The van der Waals surface area contributed by atoms with Crippen LogP contribution in [0.1, 0.15) is 24.2 Å². The van der Waals surface area contributed by atoms with Crippen LogP contribution in [-0.2, 0) is 10.0 Å². The number of halogens is 1. The lowest BCUT2D eigenvalue weighted by Gasteiger charge is -2.19. The van der Waals surface area contributed by atoms with Gasteiger partial charge in [-0.25, -0.2) is 8.42 Å². The number of rotatable bonds is 6. The van der Waals surface area contributed by atoms with Crippen LogP contribution in [-0.4, -0.2) is 38.5 Å². The van der Waals surface area contributed by atoms with Gasteiger partial charge in [-0.2, -0.15) is 4.31 Å². The summed E-state index contributed by atoms with van der Waals surface area (Å²) in [6.07, 6.45) is 0. The second-order valence-corrected chi connectivity index (χ2v) is 8.10. The highest BCUT2D eigenvalue weighted by Gasteiger charge is 2.24. The highest BCUT2D eigenvalue weighted by atomic mass is 35.5. The van der Waals surface area contributed by atoms with Crippen LogP contribution in [0.15, 0.2) is 41.3 Å². The summed E-state index contributed by atoms with van der Waals surface area (Å²) in [4.78, 5) is 12.7. The zero-order chi connectivity index (χ0) is 19.6. The molecule has 1 N–H and O–H groups in total. The molecule has 2 aromatic rings. The number of ether oxygens (including phenoxy) is 2. The molecule has 0 aromatic heterocycles. The third kappa shape index (κ3) is 3.87. The summed E-state index contributed by atoms with van der Waals surface area (Å²) in [6.45, 7) is 4.30. The molecule has 7 nitrogen and oxygen atoms in total. The van der Waals surface area contributed by atoms with E-state index in [4.69, 9.17) is 21.1 Å². The molecule has 2 aromatic carbocycles. The summed E-state index contributed by atoms with van der Waals surface area (Å²) in [6, 6.07) is 9.07. The molecule has 27 heavy (non-hydrogen) atoms. The smallest absolute Gasteiger partial charge is 0.257 e. The van der Waals surface area contributed by atoms with E-state index in [1.54, 1.807) is 32.0 Å². The number of sulfonamides is 1. The Labute approximate surface area is 162 Å². The van der Waals surface area contributed by atoms with Crippen LogP contribution in [0.25, 0.3) is 0 Å². The van der Waals surface area contributed by atoms with Gasteiger partial charge in [0.05, 0.1) is 15.5 Å². The molecule has 0 bridgehead atoms. The largest absolute Gasteiger partial charge is 0.454 e. The minimum absolute atomic E-state index is 0.0198. The number of nitrogens with zero attached hydrogens (tertiary/aromatic N) is 1. The molecular weight excluding hydrogens is 392 g/mol. The average Bonchev–Trinajstić information content (AvgIpc) is 3.10. The number of hydrogen-bond donors (Lipinski definition) is 1. The molecule has 144 valence electrons. The van der Waals surface area contributed by atoms with Crippen LogP contribution in [0.4, 0.5) is 5.69 Å². The topological polar surface area (TPSA) is 84.9 Å². The molecule has 1 aliphatic heterocycles. The molecule has 1 amide bonds. The number of amides is 1. The summed E-state index contributed by atoms with van der Waals surface area (Å²) >= 11 is 6.13. The first kappa shape index (κ1) is 19.5.